The maximum absolute atomic E-state index is 12.2. The Hall–Kier alpha value is -0.0600. The first-order valence-corrected chi connectivity index (χ1v) is 8.23. The molecule has 1 aromatic carbocycles. The number of benzene rings is 1. The zero-order valence-corrected chi connectivity index (χ0v) is 13.7. The highest BCUT2D eigenvalue weighted by Gasteiger charge is 2.28. The summed E-state index contributed by atoms with van der Waals surface area (Å²) < 4.78 is 0.776. The van der Waals surface area contributed by atoms with E-state index in [2.05, 4.69) is 37.2 Å². The first kappa shape index (κ1) is 14.4. The molecule has 1 aliphatic rings. The van der Waals surface area contributed by atoms with Crippen LogP contribution < -0.4 is 5.32 Å². The van der Waals surface area contributed by atoms with Crippen molar-refractivity contribution in [3.63, 3.8) is 0 Å². The second kappa shape index (κ2) is 6.40. The van der Waals surface area contributed by atoms with Crippen LogP contribution in [0.15, 0.2) is 22.7 Å². The van der Waals surface area contributed by atoms with Crippen LogP contribution in [0.25, 0.3) is 0 Å². The Bertz CT molecular complexity index is 453. The van der Waals surface area contributed by atoms with E-state index in [4.69, 9.17) is 11.6 Å². The molecule has 1 fully saturated rings. The molecule has 0 spiro atoms. The third-order valence-electron chi connectivity index (χ3n) is 3.35. The van der Waals surface area contributed by atoms with Gasteiger partial charge in [-0.3, -0.25) is 4.79 Å². The molecular weight excluding hydrogens is 381 g/mol. The maximum atomic E-state index is 12.2. The second-order valence-electron chi connectivity index (χ2n) is 4.55. The van der Waals surface area contributed by atoms with Crippen molar-refractivity contribution in [3.05, 3.63) is 33.3 Å². The Kier molecular flexibility index (Phi) is 5.10. The summed E-state index contributed by atoms with van der Waals surface area (Å²) in [5.41, 5.74) is 0.600. The lowest BCUT2D eigenvalue weighted by atomic mass is 10.1. The van der Waals surface area contributed by atoms with Gasteiger partial charge in [-0.1, -0.05) is 34.0 Å². The van der Waals surface area contributed by atoms with Gasteiger partial charge in [-0.15, -0.1) is 0 Å². The van der Waals surface area contributed by atoms with Crippen LogP contribution in [0.1, 0.15) is 29.6 Å². The number of alkyl halides is 1. The van der Waals surface area contributed by atoms with Crippen molar-refractivity contribution in [2.45, 2.75) is 25.3 Å². The topological polar surface area (TPSA) is 29.1 Å². The molecule has 1 amide bonds. The third-order valence-corrected chi connectivity index (χ3v) is 5.11. The number of hydrogen-bond donors (Lipinski definition) is 1. The fraction of sp³-hybridized carbons (Fsp3) is 0.462. The van der Waals surface area contributed by atoms with E-state index in [-0.39, 0.29) is 11.9 Å². The first-order valence-electron chi connectivity index (χ1n) is 5.93. The molecule has 1 aromatic rings. The molecular formula is C13H14Br2ClNO. The lowest BCUT2D eigenvalue weighted by molar-refractivity contribution is 0.0929. The standard InChI is InChI=1S/C13H14Br2ClNO/c14-7-8-2-1-3-12(8)17-13(18)10-6-9(16)4-5-11(10)15/h4-6,8,12H,1-3,7H2,(H,17,18). The van der Waals surface area contributed by atoms with Crippen molar-refractivity contribution in [1.29, 1.82) is 0 Å². The second-order valence-corrected chi connectivity index (χ2v) is 6.49. The van der Waals surface area contributed by atoms with Crippen LogP contribution >= 0.6 is 43.5 Å². The molecule has 0 aliphatic heterocycles. The highest BCUT2D eigenvalue weighted by atomic mass is 79.9. The van der Waals surface area contributed by atoms with Gasteiger partial charge in [0.1, 0.15) is 0 Å². The molecule has 18 heavy (non-hydrogen) atoms. The van der Waals surface area contributed by atoms with Crippen LogP contribution in [0.4, 0.5) is 0 Å². The maximum Gasteiger partial charge on any atom is 0.252 e. The van der Waals surface area contributed by atoms with E-state index in [1.54, 1.807) is 18.2 Å². The van der Waals surface area contributed by atoms with Crippen molar-refractivity contribution in [2.75, 3.05) is 5.33 Å². The molecule has 0 saturated heterocycles. The predicted molar refractivity (Wildman–Crippen MR) is 81.5 cm³/mol. The van der Waals surface area contributed by atoms with Gasteiger partial charge in [0.25, 0.3) is 5.91 Å². The number of amides is 1. The van der Waals surface area contributed by atoms with E-state index < -0.39 is 0 Å². The Morgan fingerprint density at radius 1 is 1.44 bits per heavy atom. The van der Waals surface area contributed by atoms with Gasteiger partial charge >= 0.3 is 0 Å². The Labute approximate surface area is 129 Å². The molecule has 98 valence electrons. The normalized spacial score (nSPS) is 23.1. The molecule has 2 nitrogen and oxygen atoms in total. The summed E-state index contributed by atoms with van der Waals surface area (Å²) in [6.07, 6.45) is 3.41. The summed E-state index contributed by atoms with van der Waals surface area (Å²) in [7, 11) is 0. The SMILES string of the molecule is O=C(NC1CCCC1CBr)c1cc(Cl)ccc1Br. The van der Waals surface area contributed by atoms with Crippen LogP contribution in [-0.2, 0) is 0 Å². The van der Waals surface area contributed by atoms with Crippen LogP contribution in [0, 0.1) is 5.92 Å². The van der Waals surface area contributed by atoms with Gasteiger partial charge in [0.05, 0.1) is 5.56 Å². The number of hydrogen-bond acceptors (Lipinski definition) is 1. The van der Waals surface area contributed by atoms with E-state index in [1.807, 2.05) is 0 Å². The summed E-state index contributed by atoms with van der Waals surface area (Å²) >= 11 is 12.8. The van der Waals surface area contributed by atoms with Crippen molar-refractivity contribution in [3.8, 4) is 0 Å². The largest absolute Gasteiger partial charge is 0.349 e. The fourth-order valence-electron chi connectivity index (χ4n) is 2.33. The average Bonchev–Trinajstić information content (AvgIpc) is 2.79. The van der Waals surface area contributed by atoms with E-state index in [0.29, 0.717) is 16.5 Å². The Morgan fingerprint density at radius 2 is 2.22 bits per heavy atom. The Morgan fingerprint density at radius 3 is 2.94 bits per heavy atom. The molecule has 2 rings (SSSR count). The van der Waals surface area contributed by atoms with E-state index in [0.717, 1.165) is 16.2 Å². The zero-order chi connectivity index (χ0) is 13.1. The summed E-state index contributed by atoms with van der Waals surface area (Å²) in [5, 5.41) is 4.62. The van der Waals surface area contributed by atoms with Crippen LogP contribution in [0.5, 0.6) is 0 Å². The number of nitrogens with one attached hydrogen (secondary N) is 1. The van der Waals surface area contributed by atoms with Gasteiger partial charge < -0.3 is 5.32 Å². The van der Waals surface area contributed by atoms with E-state index in [9.17, 15) is 4.79 Å². The van der Waals surface area contributed by atoms with Crippen molar-refractivity contribution < 1.29 is 4.79 Å². The molecule has 2 unspecified atom stereocenters. The summed E-state index contributed by atoms with van der Waals surface area (Å²) in [6, 6.07) is 5.52. The molecule has 0 aromatic heterocycles. The van der Waals surface area contributed by atoms with Gasteiger partial charge in [0, 0.05) is 20.9 Å². The smallest absolute Gasteiger partial charge is 0.252 e. The van der Waals surface area contributed by atoms with Gasteiger partial charge in [0.15, 0.2) is 0 Å². The summed E-state index contributed by atoms with van der Waals surface area (Å²) in [6.45, 7) is 0. The number of halogens is 3. The highest BCUT2D eigenvalue weighted by Crippen LogP contribution is 2.28. The van der Waals surface area contributed by atoms with Crippen molar-refractivity contribution >= 4 is 49.4 Å². The average molecular weight is 396 g/mol. The monoisotopic (exact) mass is 393 g/mol. The van der Waals surface area contributed by atoms with Gasteiger partial charge in [-0.2, -0.15) is 0 Å². The predicted octanol–water partition coefficient (Wildman–Crippen LogP) is 4.40. The summed E-state index contributed by atoms with van der Waals surface area (Å²) in [5.74, 6) is 0.481. The Balaban J connectivity index is 2.09. The van der Waals surface area contributed by atoms with Gasteiger partial charge in [-0.25, -0.2) is 0 Å². The molecule has 5 heteroatoms. The van der Waals surface area contributed by atoms with E-state index in [1.165, 1.54) is 12.8 Å². The van der Waals surface area contributed by atoms with E-state index >= 15 is 0 Å². The minimum Gasteiger partial charge on any atom is -0.349 e. The molecule has 2 atom stereocenters. The zero-order valence-electron chi connectivity index (χ0n) is 9.76. The van der Waals surface area contributed by atoms with Crippen LogP contribution in [0.2, 0.25) is 5.02 Å². The first-order chi connectivity index (χ1) is 8.61. The number of carbonyl (C=O) groups is 1. The molecule has 0 radical (unpaired) electrons. The molecule has 1 N–H and O–H groups in total. The number of carbonyl (C=O) groups excluding carboxylic acids is 1. The molecule has 1 aliphatic carbocycles. The fourth-order valence-corrected chi connectivity index (χ4v) is 3.70. The quantitative estimate of drug-likeness (QED) is 0.756. The minimum atomic E-state index is -0.0535. The van der Waals surface area contributed by atoms with Gasteiger partial charge in [-0.05, 0) is 52.9 Å². The lowest BCUT2D eigenvalue weighted by Crippen LogP contribution is -2.38. The minimum absolute atomic E-state index is 0.0535. The highest BCUT2D eigenvalue weighted by molar-refractivity contribution is 9.10. The third kappa shape index (κ3) is 3.28. The van der Waals surface area contributed by atoms with Crippen LogP contribution in [0.3, 0.4) is 0 Å². The lowest BCUT2D eigenvalue weighted by Gasteiger charge is -2.19. The van der Waals surface area contributed by atoms with Crippen molar-refractivity contribution in [2.24, 2.45) is 5.92 Å². The van der Waals surface area contributed by atoms with Crippen molar-refractivity contribution in [1.82, 2.24) is 5.32 Å². The molecule has 0 heterocycles. The summed E-state index contributed by atoms with van der Waals surface area (Å²) in [4.78, 5) is 12.2. The molecule has 0 bridgehead atoms. The van der Waals surface area contributed by atoms with Crippen LogP contribution in [-0.4, -0.2) is 17.3 Å². The molecule has 1 saturated carbocycles. The van der Waals surface area contributed by atoms with Gasteiger partial charge in [0.2, 0.25) is 0 Å². The number of rotatable bonds is 3.